The zero-order valence-electron chi connectivity index (χ0n) is 11.7. The van der Waals surface area contributed by atoms with E-state index >= 15 is 0 Å². The molecule has 0 heterocycles. The number of rotatable bonds is 9. The number of likely N-dealkylation sites (N-methyl/N-ethyl adjacent to an activating group) is 1. The van der Waals surface area contributed by atoms with Gasteiger partial charge in [0.05, 0.1) is 0 Å². The number of Topliss-reactive ketones (excluding diaryl/α,β-unsaturated/α-hetero) is 1. The van der Waals surface area contributed by atoms with E-state index in [1.165, 1.54) is 24.8 Å². The lowest BCUT2D eigenvalue weighted by atomic mass is 9.97. The molecule has 1 aromatic rings. The van der Waals surface area contributed by atoms with E-state index in [4.69, 9.17) is 0 Å². The molecule has 0 aliphatic carbocycles. The number of carbonyl (C=O) groups excluding carboxylic acids is 1. The zero-order valence-corrected chi connectivity index (χ0v) is 11.7. The lowest BCUT2D eigenvalue weighted by Gasteiger charge is -2.08. The molecule has 2 heteroatoms. The normalized spacial score (nSPS) is 10.6. The van der Waals surface area contributed by atoms with Crippen LogP contribution in [-0.2, 0) is 6.42 Å². The smallest absolute Gasteiger partial charge is 0.163 e. The summed E-state index contributed by atoms with van der Waals surface area (Å²) >= 11 is 0. The number of hydrogen-bond donors (Lipinski definition) is 1. The average Bonchev–Trinajstić information content (AvgIpc) is 2.41. The van der Waals surface area contributed by atoms with Gasteiger partial charge in [0.1, 0.15) is 0 Å². The molecular weight excluding hydrogens is 222 g/mol. The van der Waals surface area contributed by atoms with Crippen LogP contribution in [0.3, 0.4) is 0 Å². The Morgan fingerprint density at radius 1 is 1.17 bits per heavy atom. The second-order valence-electron chi connectivity index (χ2n) is 4.74. The fraction of sp³-hybridized carbons (Fsp3) is 0.562. The lowest BCUT2D eigenvalue weighted by molar-refractivity contribution is 0.0978. The summed E-state index contributed by atoms with van der Waals surface area (Å²) in [6.07, 6.45) is 6.25. The van der Waals surface area contributed by atoms with Crippen molar-refractivity contribution in [3.8, 4) is 0 Å². The second-order valence-corrected chi connectivity index (χ2v) is 4.74. The highest BCUT2D eigenvalue weighted by Gasteiger charge is 2.09. The van der Waals surface area contributed by atoms with Crippen molar-refractivity contribution in [2.75, 3.05) is 13.6 Å². The first kappa shape index (κ1) is 14.9. The highest BCUT2D eigenvalue weighted by Crippen LogP contribution is 2.14. The molecule has 100 valence electrons. The minimum atomic E-state index is 0.304. The van der Waals surface area contributed by atoms with Crippen LogP contribution in [0.4, 0.5) is 0 Å². The Morgan fingerprint density at radius 3 is 2.67 bits per heavy atom. The molecule has 0 fully saturated rings. The van der Waals surface area contributed by atoms with E-state index < -0.39 is 0 Å². The van der Waals surface area contributed by atoms with E-state index in [0.717, 1.165) is 24.9 Å². The van der Waals surface area contributed by atoms with Crippen LogP contribution in [0.5, 0.6) is 0 Å². The van der Waals surface area contributed by atoms with Crippen LogP contribution in [-0.4, -0.2) is 19.4 Å². The average molecular weight is 247 g/mol. The van der Waals surface area contributed by atoms with E-state index in [-0.39, 0.29) is 0 Å². The molecule has 1 N–H and O–H groups in total. The van der Waals surface area contributed by atoms with Gasteiger partial charge in [-0.1, -0.05) is 50.5 Å². The van der Waals surface area contributed by atoms with Crippen LogP contribution in [0.2, 0.25) is 0 Å². The Morgan fingerprint density at radius 2 is 1.94 bits per heavy atom. The standard InChI is InChI=1S/C16H25NO/c1-3-4-5-6-11-16(18)15-10-8-7-9-14(15)12-13-17-2/h7-10,17H,3-6,11-13H2,1-2H3. The summed E-state index contributed by atoms with van der Waals surface area (Å²) in [6.45, 7) is 3.11. The van der Waals surface area contributed by atoms with Gasteiger partial charge < -0.3 is 5.32 Å². The molecule has 0 spiro atoms. The predicted octanol–water partition coefficient (Wildman–Crippen LogP) is 3.60. The number of benzene rings is 1. The van der Waals surface area contributed by atoms with Gasteiger partial charge >= 0.3 is 0 Å². The first-order valence-corrected chi connectivity index (χ1v) is 7.05. The van der Waals surface area contributed by atoms with Crippen LogP contribution >= 0.6 is 0 Å². The van der Waals surface area contributed by atoms with Crippen LogP contribution < -0.4 is 5.32 Å². The Hall–Kier alpha value is -1.15. The Labute approximate surface area is 111 Å². The highest BCUT2D eigenvalue weighted by atomic mass is 16.1. The highest BCUT2D eigenvalue weighted by molar-refractivity contribution is 5.97. The third-order valence-corrected chi connectivity index (χ3v) is 3.22. The van der Waals surface area contributed by atoms with Crippen molar-refractivity contribution >= 4 is 5.78 Å². The zero-order chi connectivity index (χ0) is 13.2. The van der Waals surface area contributed by atoms with Crippen LogP contribution in [0.1, 0.15) is 54.9 Å². The molecule has 2 nitrogen and oxygen atoms in total. The number of ketones is 1. The molecule has 0 bridgehead atoms. The molecule has 1 aromatic carbocycles. The van der Waals surface area contributed by atoms with Crippen molar-refractivity contribution in [2.24, 2.45) is 0 Å². The molecule has 1 rings (SSSR count). The number of unbranched alkanes of at least 4 members (excludes halogenated alkanes) is 3. The van der Waals surface area contributed by atoms with Crippen molar-refractivity contribution in [1.82, 2.24) is 5.32 Å². The Bertz CT molecular complexity index is 360. The molecule has 0 amide bonds. The number of hydrogen-bond acceptors (Lipinski definition) is 2. The molecule has 0 aliphatic heterocycles. The van der Waals surface area contributed by atoms with Crippen LogP contribution in [0, 0.1) is 0 Å². The molecular formula is C16H25NO. The minimum absolute atomic E-state index is 0.304. The SMILES string of the molecule is CCCCCCC(=O)c1ccccc1CCNC. The fourth-order valence-corrected chi connectivity index (χ4v) is 2.12. The number of carbonyl (C=O) groups is 1. The molecule has 0 aliphatic rings. The maximum absolute atomic E-state index is 12.2. The lowest BCUT2D eigenvalue weighted by Crippen LogP contribution is -2.13. The van der Waals surface area contributed by atoms with E-state index in [2.05, 4.69) is 18.3 Å². The Balaban J connectivity index is 2.55. The van der Waals surface area contributed by atoms with Crippen molar-refractivity contribution in [3.63, 3.8) is 0 Å². The van der Waals surface area contributed by atoms with Crippen LogP contribution in [0.25, 0.3) is 0 Å². The molecule has 0 radical (unpaired) electrons. The molecule has 18 heavy (non-hydrogen) atoms. The van der Waals surface area contributed by atoms with E-state index in [0.29, 0.717) is 12.2 Å². The summed E-state index contributed by atoms with van der Waals surface area (Å²) < 4.78 is 0. The summed E-state index contributed by atoms with van der Waals surface area (Å²) in [5.74, 6) is 0.304. The van der Waals surface area contributed by atoms with Gasteiger partial charge in [-0.25, -0.2) is 0 Å². The van der Waals surface area contributed by atoms with Gasteiger partial charge in [-0.15, -0.1) is 0 Å². The van der Waals surface area contributed by atoms with Gasteiger partial charge in [0.2, 0.25) is 0 Å². The van der Waals surface area contributed by atoms with E-state index in [9.17, 15) is 4.79 Å². The summed E-state index contributed by atoms with van der Waals surface area (Å²) in [4.78, 5) is 12.2. The molecule has 0 saturated heterocycles. The summed E-state index contributed by atoms with van der Waals surface area (Å²) in [5.41, 5.74) is 2.09. The summed E-state index contributed by atoms with van der Waals surface area (Å²) in [7, 11) is 1.94. The first-order chi connectivity index (χ1) is 8.79. The van der Waals surface area contributed by atoms with E-state index in [1.54, 1.807) is 0 Å². The fourth-order valence-electron chi connectivity index (χ4n) is 2.12. The van der Waals surface area contributed by atoms with Crippen molar-refractivity contribution < 1.29 is 4.79 Å². The number of nitrogens with one attached hydrogen (secondary N) is 1. The third kappa shape index (κ3) is 5.01. The van der Waals surface area contributed by atoms with Crippen molar-refractivity contribution in [3.05, 3.63) is 35.4 Å². The molecule has 0 unspecified atom stereocenters. The van der Waals surface area contributed by atoms with Crippen LogP contribution in [0.15, 0.2) is 24.3 Å². The van der Waals surface area contributed by atoms with Crippen molar-refractivity contribution in [2.45, 2.75) is 45.4 Å². The van der Waals surface area contributed by atoms with Gasteiger partial charge in [-0.3, -0.25) is 4.79 Å². The first-order valence-electron chi connectivity index (χ1n) is 7.05. The van der Waals surface area contributed by atoms with Crippen molar-refractivity contribution in [1.29, 1.82) is 0 Å². The van der Waals surface area contributed by atoms with E-state index in [1.807, 2.05) is 25.2 Å². The molecule has 0 saturated carbocycles. The quantitative estimate of drug-likeness (QED) is 0.533. The second kappa shape index (κ2) is 8.87. The maximum Gasteiger partial charge on any atom is 0.163 e. The van der Waals surface area contributed by atoms with Gasteiger partial charge in [-0.05, 0) is 32.0 Å². The molecule has 0 aromatic heterocycles. The molecule has 0 atom stereocenters. The van der Waals surface area contributed by atoms with Gasteiger partial charge in [-0.2, -0.15) is 0 Å². The maximum atomic E-state index is 12.2. The Kier molecular flexibility index (Phi) is 7.35. The monoisotopic (exact) mass is 247 g/mol. The topological polar surface area (TPSA) is 29.1 Å². The largest absolute Gasteiger partial charge is 0.319 e. The predicted molar refractivity (Wildman–Crippen MR) is 77.2 cm³/mol. The summed E-state index contributed by atoms with van der Waals surface area (Å²) in [6, 6.07) is 8.00. The third-order valence-electron chi connectivity index (χ3n) is 3.22. The van der Waals surface area contributed by atoms with Gasteiger partial charge in [0.15, 0.2) is 5.78 Å². The van der Waals surface area contributed by atoms with Gasteiger partial charge in [0.25, 0.3) is 0 Å². The minimum Gasteiger partial charge on any atom is -0.319 e. The van der Waals surface area contributed by atoms with Gasteiger partial charge in [0, 0.05) is 12.0 Å². The summed E-state index contributed by atoms with van der Waals surface area (Å²) in [5, 5.41) is 3.13.